The molecule has 1 amide bonds. The molecule has 1 unspecified atom stereocenters. The molecule has 1 atom stereocenters. The zero-order valence-corrected chi connectivity index (χ0v) is 16.9. The van der Waals surface area contributed by atoms with Gasteiger partial charge in [0.1, 0.15) is 5.82 Å². The summed E-state index contributed by atoms with van der Waals surface area (Å²) in [5.74, 6) is -1.36. The number of carbonyl (C=O) groups excluding carboxylic acids is 2. The summed E-state index contributed by atoms with van der Waals surface area (Å²) in [6.07, 6.45) is -0.374. The first-order valence-electron chi connectivity index (χ1n) is 9.79. The van der Waals surface area contributed by atoms with E-state index in [0.717, 1.165) is 11.1 Å². The van der Waals surface area contributed by atoms with Gasteiger partial charge in [-0.15, -0.1) is 0 Å². The number of aliphatic hydroxyl groups is 1. The third-order valence-corrected chi connectivity index (χ3v) is 5.62. The third-order valence-electron chi connectivity index (χ3n) is 5.62. The van der Waals surface area contributed by atoms with Crippen LogP contribution in [0.25, 0.3) is 0 Å². The highest BCUT2D eigenvalue weighted by molar-refractivity contribution is 6.11. The number of hydrogen-bond acceptors (Lipinski definition) is 3. The molecule has 30 heavy (non-hydrogen) atoms. The summed E-state index contributed by atoms with van der Waals surface area (Å²) in [7, 11) is 0. The molecular formula is C25H22FNO3. The molecule has 0 fully saturated rings. The summed E-state index contributed by atoms with van der Waals surface area (Å²) in [5, 5.41) is 11.4. The number of ketones is 1. The largest absolute Gasteiger partial charge is 0.375 e. The van der Waals surface area contributed by atoms with Crippen molar-refractivity contribution >= 4 is 17.4 Å². The number of carbonyl (C=O) groups is 2. The standard InChI is InChI=1S/C25H22FNO3/c1-16-11-12-19(17(2)13-16)23(28)14-25(30)20-8-4-6-10-22(20)27(24(25)29)15-18-7-3-5-9-21(18)26/h3-13,30H,14-15H2,1-2H3. The number of rotatable bonds is 5. The number of benzene rings is 3. The Bertz CT molecular complexity index is 1160. The second kappa shape index (κ2) is 7.50. The lowest BCUT2D eigenvalue weighted by Gasteiger charge is -2.23. The van der Waals surface area contributed by atoms with E-state index in [-0.39, 0.29) is 18.7 Å². The normalized spacial score (nSPS) is 17.9. The molecule has 0 aliphatic carbocycles. The predicted octanol–water partition coefficient (Wildman–Crippen LogP) is 4.45. The molecule has 4 rings (SSSR count). The van der Waals surface area contributed by atoms with Crippen molar-refractivity contribution in [3.05, 3.63) is 100 Å². The fraction of sp³-hybridized carbons (Fsp3) is 0.200. The van der Waals surface area contributed by atoms with E-state index in [4.69, 9.17) is 0 Å². The molecule has 4 nitrogen and oxygen atoms in total. The maximum atomic E-state index is 14.2. The van der Waals surface area contributed by atoms with Gasteiger partial charge < -0.3 is 10.0 Å². The molecule has 0 saturated heterocycles. The summed E-state index contributed by atoms with van der Waals surface area (Å²) >= 11 is 0. The van der Waals surface area contributed by atoms with Crippen molar-refractivity contribution in [3.8, 4) is 0 Å². The molecule has 0 saturated carbocycles. The monoisotopic (exact) mass is 403 g/mol. The van der Waals surface area contributed by atoms with E-state index in [1.807, 2.05) is 26.0 Å². The van der Waals surface area contributed by atoms with Crippen molar-refractivity contribution in [2.75, 3.05) is 4.90 Å². The first-order chi connectivity index (χ1) is 14.3. The summed E-state index contributed by atoms with van der Waals surface area (Å²) in [6, 6.07) is 18.5. The van der Waals surface area contributed by atoms with Crippen LogP contribution in [0.1, 0.15) is 39.0 Å². The van der Waals surface area contributed by atoms with Crippen molar-refractivity contribution in [2.45, 2.75) is 32.4 Å². The number of fused-ring (bicyclic) bond motifs is 1. The van der Waals surface area contributed by atoms with Crippen LogP contribution in [-0.4, -0.2) is 16.8 Å². The minimum absolute atomic E-state index is 0.0252. The van der Waals surface area contributed by atoms with Crippen LogP contribution in [0.2, 0.25) is 0 Å². The smallest absolute Gasteiger partial charge is 0.264 e. The number of anilines is 1. The number of halogens is 1. The Kier molecular flexibility index (Phi) is 5.00. The van der Waals surface area contributed by atoms with Crippen molar-refractivity contribution in [2.24, 2.45) is 0 Å². The molecule has 1 N–H and O–H groups in total. The maximum absolute atomic E-state index is 14.2. The SMILES string of the molecule is Cc1ccc(C(=O)CC2(O)C(=O)N(Cc3ccccc3F)c3ccccc32)c(C)c1. The van der Waals surface area contributed by atoms with Crippen LogP contribution in [0.4, 0.5) is 10.1 Å². The van der Waals surface area contributed by atoms with Gasteiger partial charge >= 0.3 is 0 Å². The predicted molar refractivity (Wildman–Crippen MR) is 113 cm³/mol. The van der Waals surface area contributed by atoms with E-state index in [0.29, 0.717) is 22.4 Å². The Morgan fingerprint density at radius 1 is 1.03 bits per heavy atom. The molecule has 5 heteroatoms. The van der Waals surface area contributed by atoms with Crippen molar-refractivity contribution in [1.29, 1.82) is 0 Å². The van der Waals surface area contributed by atoms with E-state index in [2.05, 4.69) is 0 Å². The average Bonchev–Trinajstić information content (AvgIpc) is 2.91. The van der Waals surface area contributed by atoms with Gasteiger partial charge in [-0.2, -0.15) is 0 Å². The topological polar surface area (TPSA) is 57.6 Å². The molecule has 1 aliphatic heterocycles. The second-order valence-corrected chi connectivity index (χ2v) is 7.78. The van der Waals surface area contributed by atoms with E-state index >= 15 is 0 Å². The van der Waals surface area contributed by atoms with Gasteiger partial charge in [0.25, 0.3) is 5.91 Å². The van der Waals surface area contributed by atoms with Crippen LogP contribution in [0.5, 0.6) is 0 Å². The molecule has 0 bridgehead atoms. The van der Waals surface area contributed by atoms with Crippen molar-refractivity contribution < 1.29 is 19.1 Å². The Hall–Kier alpha value is -3.31. The van der Waals surface area contributed by atoms with Crippen molar-refractivity contribution in [1.82, 2.24) is 0 Å². The molecule has 3 aromatic rings. The first kappa shape index (κ1) is 20.0. The van der Waals surface area contributed by atoms with Crippen molar-refractivity contribution in [3.63, 3.8) is 0 Å². The summed E-state index contributed by atoms with van der Waals surface area (Å²) in [4.78, 5) is 27.7. The van der Waals surface area contributed by atoms with Gasteiger partial charge in [-0.25, -0.2) is 4.39 Å². The minimum Gasteiger partial charge on any atom is -0.375 e. The number of hydrogen-bond donors (Lipinski definition) is 1. The molecule has 0 radical (unpaired) electrons. The Labute approximate surface area is 174 Å². The van der Waals surface area contributed by atoms with Crippen LogP contribution in [0, 0.1) is 19.7 Å². The summed E-state index contributed by atoms with van der Waals surface area (Å²) < 4.78 is 14.2. The lowest BCUT2D eigenvalue weighted by atomic mass is 9.87. The molecular weight excluding hydrogens is 381 g/mol. The Morgan fingerprint density at radius 2 is 1.73 bits per heavy atom. The van der Waals surface area contributed by atoms with Gasteiger partial charge in [0.05, 0.1) is 18.7 Å². The van der Waals surface area contributed by atoms with E-state index in [1.165, 1.54) is 11.0 Å². The van der Waals surface area contributed by atoms with Gasteiger partial charge in [0, 0.05) is 16.7 Å². The van der Waals surface area contributed by atoms with Gasteiger partial charge in [0.15, 0.2) is 11.4 Å². The van der Waals surface area contributed by atoms with E-state index in [9.17, 15) is 19.1 Å². The van der Waals surface area contributed by atoms with Crippen LogP contribution < -0.4 is 4.90 Å². The fourth-order valence-electron chi connectivity index (χ4n) is 4.09. The quantitative estimate of drug-likeness (QED) is 0.641. The van der Waals surface area contributed by atoms with E-state index < -0.39 is 17.3 Å². The highest BCUT2D eigenvalue weighted by Gasteiger charge is 2.50. The number of Topliss-reactive ketones (excluding diaryl/α,β-unsaturated/α-hetero) is 1. The molecule has 0 spiro atoms. The van der Waals surface area contributed by atoms with Crippen LogP contribution in [-0.2, 0) is 16.9 Å². The van der Waals surface area contributed by atoms with E-state index in [1.54, 1.807) is 48.5 Å². The van der Waals surface area contributed by atoms with Gasteiger partial charge in [-0.05, 0) is 31.5 Å². The molecule has 1 heterocycles. The molecule has 3 aromatic carbocycles. The first-order valence-corrected chi connectivity index (χ1v) is 9.79. The molecule has 152 valence electrons. The zero-order chi connectivity index (χ0) is 21.5. The Morgan fingerprint density at radius 3 is 2.47 bits per heavy atom. The molecule has 1 aliphatic rings. The summed E-state index contributed by atoms with van der Waals surface area (Å²) in [6.45, 7) is 3.74. The minimum atomic E-state index is -1.99. The lowest BCUT2D eigenvalue weighted by Crippen LogP contribution is -2.41. The number of aryl methyl sites for hydroxylation is 2. The molecule has 0 aromatic heterocycles. The average molecular weight is 403 g/mol. The lowest BCUT2D eigenvalue weighted by molar-refractivity contribution is -0.136. The zero-order valence-electron chi connectivity index (χ0n) is 16.9. The van der Waals surface area contributed by atoms with Gasteiger partial charge in [-0.3, -0.25) is 9.59 Å². The van der Waals surface area contributed by atoms with Crippen LogP contribution >= 0.6 is 0 Å². The fourth-order valence-corrected chi connectivity index (χ4v) is 4.09. The van der Waals surface area contributed by atoms with Gasteiger partial charge in [0.2, 0.25) is 0 Å². The number of para-hydroxylation sites is 1. The highest BCUT2D eigenvalue weighted by atomic mass is 19.1. The third kappa shape index (κ3) is 3.31. The number of amides is 1. The van der Waals surface area contributed by atoms with Crippen LogP contribution in [0.15, 0.2) is 66.7 Å². The highest BCUT2D eigenvalue weighted by Crippen LogP contribution is 2.43. The van der Waals surface area contributed by atoms with Gasteiger partial charge in [-0.1, -0.05) is 60.2 Å². The number of nitrogens with zero attached hydrogens (tertiary/aromatic N) is 1. The Balaban J connectivity index is 1.70. The maximum Gasteiger partial charge on any atom is 0.264 e. The van der Waals surface area contributed by atoms with Crippen LogP contribution in [0.3, 0.4) is 0 Å². The summed E-state index contributed by atoms with van der Waals surface area (Å²) in [5.41, 5.74) is 1.51. The second-order valence-electron chi connectivity index (χ2n) is 7.78.